The zero-order valence-corrected chi connectivity index (χ0v) is 12.4. The molecule has 1 unspecified atom stereocenters. The first kappa shape index (κ1) is 15.2. The standard InChI is InChI=1S/C13H14ClNO6/c1-18-8-4-6(7-5-9(13(16)17)21-15-7)10(14)12(20-3)11(8)19-2/h4,9H,5H2,1-3H3,(H,16,17). The Morgan fingerprint density at radius 3 is 2.48 bits per heavy atom. The van der Waals surface area contributed by atoms with Crippen molar-refractivity contribution in [2.24, 2.45) is 5.16 Å². The Labute approximate surface area is 126 Å². The van der Waals surface area contributed by atoms with Crippen LogP contribution in [0.25, 0.3) is 0 Å². The van der Waals surface area contributed by atoms with E-state index in [0.29, 0.717) is 22.8 Å². The summed E-state index contributed by atoms with van der Waals surface area (Å²) in [6.07, 6.45) is -0.914. The minimum atomic E-state index is -1.09. The number of benzene rings is 1. The Balaban J connectivity index is 2.48. The van der Waals surface area contributed by atoms with Crippen molar-refractivity contribution < 1.29 is 28.9 Å². The van der Waals surface area contributed by atoms with Crippen LogP contribution in [0.2, 0.25) is 5.02 Å². The van der Waals surface area contributed by atoms with Gasteiger partial charge in [0.2, 0.25) is 11.9 Å². The van der Waals surface area contributed by atoms with Gasteiger partial charge in [0.25, 0.3) is 0 Å². The number of aliphatic carboxylic acids is 1. The number of methoxy groups -OCH3 is 3. The Kier molecular flexibility index (Phi) is 4.42. The third kappa shape index (κ3) is 2.69. The van der Waals surface area contributed by atoms with Crippen LogP contribution in [0.1, 0.15) is 12.0 Å². The second kappa shape index (κ2) is 6.09. The Hall–Kier alpha value is -2.15. The largest absolute Gasteiger partial charge is 0.493 e. The Morgan fingerprint density at radius 2 is 2.00 bits per heavy atom. The lowest BCUT2D eigenvalue weighted by molar-refractivity contribution is -0.148. The zero-order chi connectivity index (χ0) is 15.6. The van der Waals surface area contributed by atoms with Gasteiger partial charge in [-0.3, -0.25) is 0 Å². The predicted octanol–water partition coefficient (Wildman–Crippen LogP) is 1.94. The molecule has 2 rings (SSSR count). The van der Waals surface area contributed by atoms with E-state index in [0.717, 1.165) is 0 Å². The minimum Gasteiger partial charge on any atom is -0.493 e. The number of rotatable bonds is 5. The summed E-state index contributed by atoms with van der Waals surface area (Å²) in [7, 11) is 4.38. The molecule has 1 aromatic carbocycles. The first-order chi connectivity index (χ1) is 10.0. The number of oxime groups is 1. The van der Waals surface area contributed by atoms with Gasteiger partial charge in [0, 0.05) is 12.0 Å². The van der Waals surface area contributed by atoms with Crippen LogP contribution in [0, 0.1) is 0 Å². The molecule has 0 aromatic heterocycles. The van der Waals surface area contributed by atoms with Gasteiger partial charge in [0.1, 0.15) is 0 Å². The van der Waals surface area contributed by atoms with E-state index >= 15 is 0 Å². The van der Waals surface area contributed by atoms with E-state index in [-0.39, 0.29) is 17.2 Å². The number of nitrogens with zero attached hydrogens (tertiary/aromatic N) is 1. The van der Waals surface area contributed by atoms with E-state index in [1.807, 2.05) is 0 Å². The lowest BCUT2D eigenvalue weighted by Gasteiger charge is -2.16. The maximum atomic E-state index is 10.9. The number of hydrogen-bond donors (Lipinski definition) is 1. The van der Waals surface area contributed by atoms with Crippen molar-refractivity contribution in [3.63, 3.8) is 0 Å². The highest BCUT2D eigenvalue weighted by atomic mass is 35.5. The summed E-state index contributed by atoms with van der Waals surface area (Å²) in [5.74, 6) is -0.0504. The van der Waals surface area contributed by atoms with E-state index in [2.05, 4.69) is 5.16 Å². The second-order valence-corrected chi connectivity index (χ2v) is 4.56. The fraction of sp³-hybridized carbons (Fsp3) is 0.385. The van der Waals surface area contributed by atoms with Gasteiger partial charge in [-0.25, -0.2) is 4.79 Å². The average molecular weight is 316 g/mol. The highest BCUT2D eigenvalue weighted by Gasteiger charge is 2.31. The molecule has 1 heterocycles. The Morgan fingerprint density at radius 1 is 1.33 bits per heavy atom. The Bertz CT molecular complexity index is 601. The third-order valence-electron chi connectivity index (χ3n) is 3.02. The van der Waals surface area contributed by atoms with Crippen LogP contribution < -0.4 is 14.2 Å². The molecule has 1 aromatic rings. The molecule has 21 heavy (non-hydrogen) atoms. The van der Waals surface area contributed by atoms with Crippen LogP contribution in [0.15, 0.2) is 11.2 Å². The van der Waals surface area contributed by atoms with Gasteiger partial charge < -0.3 is 24.2 Å². The molecule has 114 valence electrons. The fourth-order valence-corrected chi connectivity index (χ4v) is 2.33. The summed E-state index contributed by atoms with van der Waals surface area (Å²) in [5, 5.41) is 13.0. The first-order valence-electron chi connectivity index (χ1n) is 5.97. The second-order valence-electron chi connectivity index (χ2n) is 4.18. The number of ether oxygens (including phenoxy) is 3. The van der Waals surface area contributed by atoms with Crippen LogP contribution in [0.5, 0.6) is 17.2 Å². The van der Waals surface area contributed by atoms with E-state index in [1.165, 1.54) is 21.3 Å². The van der Waals surface area contributed by atoms with Gasteiger partial charge in [-0.1, -0.05) is 16.8 Å². The fourth-order valence-electron chi connectivity index (χ4n) is 2.00. The van der Waals surface area contributed by atoms with Crippen molar-refractivity contribution in [3.8, 4) is 17.2 Å². The third-order valence-corrected chi connectivity index (χ3v) is 3.40. The number of carboxylic acid groups (broad SMARTS) is 1. The predicted molar refractivity (Wildman–Crippen MR) is 74.8 cm³/mol. The zero-order valence-electron chi connectivity index (χ0n) is 11.7. The lowest BCUT2D eigenvalue weighted by Crippen LogP contribution is -2.20. The van der Waals surface area contributed by atoms with Crippen LogP contribution in [0.4, 0.5) is 0 Å². The van der Waals surface area contributed by atoms with E-state index in [9.17, 15) is 4.79 Å². The molecule has 1 aliphatic heterocycles. The average Bonchev–Trinajstić information content (AvgIpc) is 2.96. The molecule has 0 fully saturated rings. The molecule has 1 aliphatic rings. The van der Waals surface area contributed by atoms with Crippen LogP contribution in [0.3, 0.4) is 0 Å². The van der Waals surface area contributed by atoms with Gasteiger partial charge in [-0.05, 0) is 6.07 Å². The molecule has 8 heteroatoms. The van der Waals surface area contributed by atoms with E-state index in [4.69, 9.17) is 35.8 Å². The monoisotopic (exact) mass is 315 g/mol. The van der Waals surface area contributed by atoms with E-state index in [1.54, 1.807) is 6.07 Å². The summed E-state index contributed by atoms with van der Waals surface area (Å²) < 4.78 is 15.7. The van der Waals surface area contributed by atoms with Crippen LogP contribution >= 0.6 is 11.6 Å². The van der Waals surface area contributed by atoms with E-state index < -0.39 is 12.1 Å². The summed E-state index contributed by atoms with van der Waals surface area (Å²) >= 11 is 6.28. The van der Waals surface area contributed by atoms with Crippen molar-refractivity contribution in [1.82, 2.24) is 0 Å². The minimum absolute atomic E-state index is 0.105. The molecule has 0 bridgehead atoms. The normalized spacial score (nSPS) is 17.0. The van der Waals surface area contributed by atoms with Crippen molar-refractivity contribution >= 4 is 23.3 Å². The molecule has 0 radical (unpaired) electrons. The molecule has 0 spiro atoms. The molecule has 1 N–H and O–H groups in total. The topological polar surface area (TPSA) is 86.6 Å². The quantitative estimate of drug-likeness (QED) is 0.893. The molecule has 7 nitrogen and oxygen atoms in total. The van der Waals surface area contributed by atoms with Crippen molar-refractivity contribution in [2.45, 2.75) is 12.5 Å². The smallest absolute Gasteiger partial charge is 0.348 e. The number of halogens is 1. The number of hydrogen-bond acceptors (Lipinski definition) is 6. The molecule has 0 amide bonds. The van der Waals surface area contributed by atoms with Gasteiger partial charge >= 0.3 is 5.97 Å². The summed E-state index contributed by atoms with van der Waals surface area (Å²) in [6, 6.07) is 1.61. The van der Waals surface area contributed by atoms with Crippen molar-refractivity contribution in [1.29, 1.82) is 0 Å². The highest BCUT2D eigenvalue weighted by Crippen LogP contribution is 2.45. The molecule has 0 saturated carbocycles. The van der Waals surface area contributed by atoms with Gasteiger partial charge in [0.05, 0.1) is 32.1 Å². The lowest BCUT2D eigenvalue weighted by atomic mass is 10.0. The van der Waals surface area contributed by atoms with Crippen molar-refractivity contribution in [2.75, 3.05) is 21.3 Å². The van der Waals surface area contributed by atoms with Gasteiger partial charge in [0.15, 0.2) is 11.5 Å². The van der Waals surface area contributed by atoms with Crippen molar-refractivity contribution in [3.05, 3.63) is 16.7 Å². The molecule has 1 atom stereocenters. The SMILES string of the molecule is COc1cc(C2=NOC(C(=O)O)C2)c(Cl)c(OC)c1OC. The molecule has 0 saturated heterocycles. The number of carboxylic acids is 1. The van der Waals surface area contributed by atoms with Crippen LogP contribution in [-0.2, 0) is 9.63 Å². The van der Waals surface area contributed by atoms with Gasteiger partial charge in [-0.15, -0.1) is 0 Å². The van der Waals surface area contributed by atoms with Gasteiger partial charge in [-0.2, -0.15) is 0 Å². The molecular weight excluding hydrogens is 302 g/mol. The highest BCUT2D eigenvalue weighted by molar-refractivity contribution is 6.36. The summed E-state index contributed by atoms with van der Waals surface area (Å²) in [5.41, 5.74) is 0.890. The first-order valence-corrected chi connectivity index (χ1v) is 6.35. The number of carbonyl (C=O) groups is 1. The summed E-state index contributed by atoms with van der Waals surface area (Å²) in [4.78, 5) is 15.8. The maximum Gasteiger partial charge on any atom is 0.348 e. The van der Waals surface area contributed by atoms with Crippen LogP contribution in [-0.4, -0.2) is 44.2 Å². The maximum absolute atomic E-state index is 10.9. The molecular formula is C13H14ClNO6. The summed E-state index contributed by atoms with van der Waals surface area (Å²) in [6.45, 7) is 0. The molecule has 0 aliphatic carbocycles.